The van der Waals surface area contributed by atoms with E-state index in [-0.39, 0.29) is 5.91 Å². The molecule has 4 nitrogen and oxygen atoms in total. The van der Waals surface area contributed by atoms with Gasteiger partial charge in [0.1, 0.15) is 0 Å². The molecule has 0 saturated heterocycles. The number of rotatable bonds is 4. The first-order valence-electron chi connectivity index (χ1n) is 8.73. The Morgan fingerprint density at radius 2 is 1.85 bits per heavy atom. The minimum Gasteiger partial charge on any atom is -0.357 e. The maximum Gasteiger partial charge on any atom is 0.251 e. The van der Waals surface area contributed by atoms with Gasteiger partial charge in [0.15, 0.2) is 0 Å². The Morgan fingerprint density at radius 3 is 2.69 bits per heavy atom. The molecule has 1 heterocycles. The summed E-state index contributed by atoms with van der Waals surface area (Å²) in [6, 6.07) is 20.3. The standard InChI is InChI=1S/C22H21N3O/c1-14-9-17-10-18(12-23)25-21(17)11-20(14)22(26)24-13-16-7-4-6-15-5-2-3-8-19(15)16/h2-11,25H,12-13,23H2,1H3,(H,24,26). The fraction of sp³-hybridized carbons (Fsp3) is 0.136. The highest BCUT2D eigenvalue weighted by Crippen LogP contribution is 2.22. The van der Waals surface area contributed by atoms with Crippen LogP contribution in [0.15, 0.2) is 60.7 Å². The van der Waals surface area contributed by atoms with Crippen LogP contribution in [0.5, 0.6) is 0 Å². The second-order valence-corrected chi connectivity index (χ2v) is 6.57. The number of fused-ring (bicyclic) bond motifs is 2. The van der Waals surface area contributed by atoms with E-state index in [9.17, 15) is 4.79 Å². The minimum atomic E-state index is -0.0683. The molecule has 0 atom stereocenters. The van der Waals surface area contributed by atoms with E-state index in [2.05, 4.69) is 34.6 Å². The van der Waals surface area contributed by atoms with Gasteiger partial charge in [-0.2, -0.15) is 0 Å². The zero-order valence-corrected chi connectivity index (χ0v) is 14.7. The van der Waals surface area contributed by atoms with Crippen molar-refractivity contribution < 1.29 is 4.79 Å². The second kappa shape index (κ2) is 6.65. The number of amides is 1. The Hall–Kier alpha value is -3.11. The predicted molar refractivity (Wildman–Crippen MR) is 106 cm³/mol. The maximum atomic E-state index is 12.7. The fourth-order valence-corrected chi connectivity index (χ4v) is 3.43. The molecule has 0 spiro atoms. The van der Waals surface area contributed by atoms with Gasteiger partial charge in [0.25, 0.3) is 5.91 Å². The molecule has 4 N–H and O–H groups in total. The van der Waals surface area contributed by atoms with Gasteiger partial charge in [-0.25, -0.2) is 0 Å². The normalized spacial score (nSPS) is 11.2. The first kappa shape index (κ1) is 16.4. The van der Waals surface area contributed by atoms with Crippen LogP contribution in [0.1, 0.15) is 27.2 Å². The number of hydrogen-bond acceptors (Lipinski definition) is 2. The van der Waals surface area contributed by atoms with Crippen LogP contribution in [0, 0.1) is 6.92 Å². The second-order valence-electron chi connectivity index (χ2n) is 6.57. The molecule has 1 amide bonds. The molecule has 0 fully saturated rings. The molecular formula is C22H21N3O. The van der Waals surface area contributed by atoms with Crippen molar-refractivity contribution in [1.29, 1.82) is 0 Å². The van der Waals surface area contributed by atoms with E-state index in [4.69, 9.17) is 5.73 Å². The Morgan fingerprint density at radius 1 is 1.04 bits per heavy atom. The van der Waals surface area contributed by atoms with E-state index in [1.807, 2.05) is 43.3 Å². The number of nitrogens with two attached hydrogens (primary N) is 1. The van der Waals surface area contributed by atoms with Gasteiger partial charge in [-0.15, -0.1) is 0 Å². The molecule has 4 heteroatoms. The molecule has 0 aliphatic heterocycles. The number of carbonyl (C=O) groups excluding carboxylic acids is 1. The van der Waals surface area contributed by atoms with Crippen molar-refractivity contribution in [1.82, 2.24) is 10.3 Å². The topological polar surface area (TPSA) is 70.9 Å². The maximum absolute atomic E-state index is 12.7. The van der Waals surface area contributed by atoms with Crippen LogP contribution in [-0.4, -0.2) is 10.9 Å². The summed E-state index contributed by atoms with van der Waals surface area (Å²) in [5, 5.41) is 6.48. The lowest BCUT2D eigenvalue weighted by Gasteiger charge is -2.10. The number of nitrogens with one attached hydrogen (secondary N) is 2. The molecule has 26 heavy (non-hydrogen) atoms. The van der Waals surface area contributed by atoms with Crippen LogP contribution in [0.3, 0.4) is 0 Å². The number of hydrogen-bond donors (Lipinski definition) is 3. The van der Waals surface area contributed by atoms with E-state index < -0.39 is 0 Å². The third-order valence-electron chi connectivity index (χ3n) is 4.81. The number of H-pyrrole nitrogens is 1. The van der Waals surface area contributed by atoms with E-state index in [0.29, 0.717) is 18.7 Å². The van der Waals surface area contributed by atoms with E-state index in [0.717, 1.165) is 27.7 Å². The molecule has 0 aliphatic carbocycles. The van der Waals surface area contributed by atoms with Gasteiger partial charge in [0.2, 0.25) is 0 Å². The largest absolute Gasteiger partial charge is 0.357 e. The molecule has 0 bridgehead atoms. The van der Waals surface area contributed by atoms with Crippen molar-refractivity contribution in [2.24, 2.45) is 5.73 Å². The SMILES string of the molecule is Cc1cc2cc(CN)[nH]c2cc1C(=O)NCc1cccc2ccccc12. The number of aromatic amines is 1. The van der Waals surface area contributed by atoms with Crippen molar-refractivity contribution in [2.75, 3.05) is 0 Å². The zero-order valence-electron chi connectivity index (χ0n) is 14.7. The molecule has 4 aromatic rings. The number of aryl methyl sites for hydroxylation is 1. The summed E-state index contributed by atoms with van der Waals surface area (Å²) in [6.45, 7) is 2.91. The molecule has 4 rings (SSSR count). The average molecular weight is 343 g/mol. The van der Waals surface area contributed by atoms with Gasteiger partial charge < -0.3 is 16.0 Å². The highest BCUT2D eigenvalue weighted by molar-refractivity contribution is 6.00. The van der Waals surface area contributed by atoms with E-state index in [1.165, 1.54) is 10.8 Å². The van der Waals surface area contributed by atoms with Gasteiger partial charge in [0.05, 0.1) is 0 Å². The number of aromatic nitrogens is 1. The molecule has 1 aromatic heterocycles. The monoisotopic (exact) mass is 343 g/mol. The minimum absolute atomic E-state index is 0.0683. The molecule has 0 saturated carbocycles. The van der Waals surface area contributed by atoms with Crippen molar-refractivity contribution >= 4 is 27.6 Å². The Bertz CT molecular complexity index is 1110. The lowest BCUT2D eigenvalue weighted by molar-refractivity contribution is 0.0950. The summed E-state index contributed by atoms with van der Waals surface area (Å²) < 4.78 is 0. The Labute approximate surface area is 152 Å². The molecular weight excluding hydrogens is 322 g/mol. The lowest BCUT2D eigenvalue weighted by atomic mass is 10.0. The summed E-state index contributed by atoms with van der Waals surface area (Å²) in [6.07, 6.45) is 0. The summed E-state index contributed by atoms with van der Waals surface area (Å²) in [5.74, 6) is -0.0683. The first-order valence-corrected chi connectivity index (χ1v) is 8.73. The van der Waals surface area contributed by atoms with Crippen LogP contribution < -0.4 is 11.1 Å². The van der Waals surface area contributed by atoms with Gasteiger partial charge in [0, 0.05) is 29.9 Å². The van der Waals surface area contributed by atoms with E-state index in [1.54, 1.807) is 0 Å². The highest BCUT2D eigenvalue weighted by atomic mass is 16.1. The Kier molecular flexibility index (Phi) is 4.19. The van der Waals surface area contributed by atoms with Gasteiger partial charge in [-0.1, -0.05) is 42.5 Å². The van der Waals surface area contributed by atoms with Crippen LogP contribution in [0.4, 0.5) is 0 Å². The number of benzene rings is 3. The lowest BCUT2D eigenvalue weighted by Crippen LogP contribution is -2.23. The highest BCUT2D eigenvalue weighted by Gasteiger charge is 2.12. The van der Waals surface area contributed by atoms with Crippen LogP contribution in [-0.2, 0) is 13.1 Å². The van der Waals surface area contributed by atoms with Crippen LogP contribution in [0.25, 0.3) is 21.7 Å². The summed E-state index contributed by atoms with van der Waals surface area (Å²) in [4.78, 5) is 16.0. The van der Waals surface area contributed by atoms with Crippen molar-refractivity contribution in [3.05, 3.63) is 83.0 Å². The summed E-state index contributed by atoms with van der Waals surface area (Å²) >= 11 is 0. The van der Waals surface area contributed by atoms with Crippen molar-refractivity contribution in [2.45, 2.75) is 20.0 Å². The molecule has 0 aliphatic rings. The number of carbonyl (C=O) groups is 1. The van der Waals surface area contributed by atoms with Gasteiger partial charge in [-0.3, -0.25) is 4.79 Å². The summed E-state index contributed by atoms with van der Waals surface area (Å²) in [5.41, 5.74) is 10.3. The van der Waals surface area contributed by atoms with E-state index >= 15 is 0 Å². The molecule has 0 radical (unpaired) electrons. The van der Waals surface area contributed by atoms with Gasteiger partial charge >= 0.3 is 0 Å². The Balaban J connectivity index is 1.60. The zero-order chi connectivity index (χ0) is 18.1. The van der Waals surface area contributed by atoms with Crippen molar-refractivity contribution in [3.8, 4) is 0 Å². The van der Waals surface area contributed by atoms with Crippen LogP contribution in [0.2, 0.25) is 0 Å². The van der Waals surface area contributed by atoms with Crippen LogP contribution >= 0.6 is 0 Å². The molecule has 0 unspecified atom stereocenters. The third-order valence-corrected chi connectivity index (χ3v) is 4.81. The third kappa shape index (κ3) is 2.95. The van der Waals surface area contributed by atoms with Gasteiger partial charge in [-0.05, 0) is 52.4 Å². The smallest absolute Gasteiger partial charge is 0.251 e. The summed E-state index contributed by atoms with van der Waals surface area (Å²) in [7, 11) is 0. The van der Waals surface area contributed by atoms with Crippen molar-refractivity contribution in [3.63, 3.8) is 0 Å². The first-order chi connectivity index (χ1) is 12.7. The molecule has 130 valence electrons. The predicted octanol–water partition coefficient (Wildman–Crippen LogP) is 4.02. The average Bonchev–Trinajstić information content (AvgIpc) is 3.07. The quantitative estimate of drug-likeness (QED) is 0.524. The molecule has 3 aromatic carbocycles. The fourth-order valence-electron chi connectivity index (χ4n) is 3.43.